The Balaban J connectivity index is 1.58. The van der Waals surface area contributed by atoms with Gasteiger partial charge < -0.3 is 73.1 Å². The first-order valence-electron chi connectivity index (χ1n) is 25.4. The average molecular weight is 1010 g/mol. The first kappa shape index (κ1) is 58.5. The zero-order valence-electron chi connectivity index (χ0n) is 44.3. The number of oxime groups is 1. The molecule has 19 heteroatoms. The van der Waals surface area contributed by atoms with Crippen molar-refractivity contribution in [1.29, 1.82) is 0 Å². The fourth-order valence-corrected chi connectivity index (χ4v) is 10.6. The maximum atomic E-state index is 15.1. The van der Waals surface area contributed by atoms with E-state index in [4.69, 9.17) is 52.2 Å². The van der Waals surface area contributed by atoms with Gasteiger partial charge in [-0.25, -0.2) is 4.79 Å². The molecule has 1 aromatic carbocycles. The Kier molecular flexibility index (Phi) is 22.1. The van der Waals surface area contributed by atoms with Gasteiger partial charge in [-0.05, 0) is 71.8 Å². The molecule has 0 saturated carbocycles. The number of cyclic esters (lactones) is 1. The lowest BCUT2D eigenvalue weighted by Gasteiger charge is -2.44. The highest BCUT2D eigenvalue weighted by molar-refractivity contribution is 5.92. The summed E-state index contributed by atoms with van der Waals surface area (Å²) in [5.74, 6) is -5.16. The number of nitrogens with one attached hydrogen (secondary N) is 2. The number of hydrogen-bond donors (Lipinski definition) is 4. The van der Waals surface area contributed by atoms with Gasteiger partial charge in [-0.2, -0.15) is 0 Å². The molecule has 1 radical (unpaired) electrons. The molecule has 21 atom stereocenters. The van der Waals surface area contributed by atoms with Gasteiger partial charge in [-0.3, -0.25) is 9.59 Å². The predicted octanol–water partition coefficient (Wildman–Crippen LogP) is 5.11. The third kappa shape index (κ3) is 15.4. The standard InChI is InChI=1S/C52H84N3O16/c1-27-20-28(2)47(58)52(11,71-51(60)54-25-37-18-16-15-17-19-37)23-29(3)43(70-49-41(57)38(55-63-14)22-32(6)66-49)34(8)44(68-39-21-31(5)53-24-33(7)65-39)35(9)48(59)69-42(27)30(4)26-64-50-46(62-13)45(61-12)40(56)36(10)67-50/h15-20,27-36,39-46,49-50,53,56-57H,21-26H2,1-14H3,(H,54,60)/t27-,28+,29-,30?,31+,32+,33-,34+,35+,36+,39-,40+,41+,42+,43-,44-,45+,46+,49-,50+,52-/m0/s1. The minimum absolute atomic E-state index is 0.00883. The number of carbonyl (C=O) groups excluding carboxylic acids is 3. The highest BCUT2D eigenvalue weighted by Crippen LogP contribution is 2.39. The third-order valence-corrected chi connectivity index (χ3v) is 14.4. The normalized spacial score (nSPS) is 41.2. The molecule has 0 bridgehead atoms. The van der Waals surface area contributed by atoms with Crippen LogP contribution in [0.5, 0.6) is 0 Å². The van der Waals surface area contributed by atoms with Crippen LogP contribution in [0.25, 0.3) is 0 Å². The van der Waals surface area contributed by atoms with Crippen LogP contribution in [0.15, 0.2) is 35.5 Å². The van der Waals surface area contributed by atoms with Crippen molar-refractivity contribution in [1.82, 2.24) is 10.6 Å². The molecule has 4 heterocycles. The fourth-order valence-electron chi connectivity index (χ4n) is 10.6. The maximum Gasteiger partial charge on any atom is 0.408 e. The Morgan fingerprint density at radius 3 is 2.24 bits per heavy atom. The maximum absolute atomic E-state index is 15.1. The van der Waals surface area contributed by atoms with E-state index in [0.29, 0.717) is 18.7 Å². The van der Waals surface area contributed by atoms with Crippen LogP contribution >= 0.6 is 0 Å². The Hall–Kier alpha value is -3.34. The number of ether oxygens (including phenoxy) is 10. The zero-order valence-corrected chi connectivity index (χ0v) is 44.3. The van der Waals surface area contributed by atoms with Gasteiger partial charge in [0.1, 0.15) is 37.6 Å². The van der Waals surface area contributed by atoms with E-state index in [1.165, 1.54) is 21.3 Å². The van der Waals surface area contributed by atoms with E-state index < -0.39 is 133 Å². The molecule has 5 rings (SSSR count). The van der Waals surface area contributed by atoms with Crippen molar-refractivity contribution in [3.8, 4) is 0 Å². The molecule has 1 aromatic rings. The molecule has 4 fully saturated rings. The van der Waals surface area contributed by atoms with Crippen molar-refractivity contribution in [3.63, 3.8) is 0 Å². The number of Topliss-reactive ketones (excluding diaryl/α,β-unsaturated/α-hetero) is 1. The van der Waals surface area contributed by atoms with Gasteiger partial charge in [0.2, 0.25) is 0 Å². The number of methoxy groups -OCH3 is 2. The van der Waals surface area contributed by atoms with Crippen LogP contribution in [0.4, 0.5) is 4.79 Å². The lowest BCUT2D eigenvalue weighted by atomic mass is 9.75. The monoisotopic (exact) mass is 1010 g/mol. The van der Waals surface area contributed by atoms with Crippen molar-refractivity contribution in [2.45, 2.75) is 194 Å². The van der Waals surface area contributed by atoms with E-state index in [2.05, 4.69) is 15.8 Å². The van der Waals surface area contributed by atoms with Gasteiger partial charge in [-0.1, -0.05) is 70.1 Å². The summed E-state index contributed by atoms with van der Waals surface area (Å²) in [4.78, 5) is 49.1. The molecule has 4 saturated heterocycles. The summed E-state index contributed by atoms with van der Waals surface area (Å²) in [6, 6.07) is 9.35. The van der Waals surface area contributed by atoms with Crippen LogP contribution in [0, 0.1) is 41.9 Å². The molecular formula is C52H84N3O16. The number of hydrogen-bond acceptors (Lipinski definition) is 18. The van der Waals surface area contributed by atoms with Crippen LogP contribution in [0.2, 0.25) is 0 Å². The predicted molar refractivity (Wildman–Crippen MR) is 260 cm³/mol. The Bertz CT molecular complexity index is 1850. The zero-order chi connectivity index (χ0) is 52.3. The second-order valence-electron chi connectivity index (χ2n) is 20.7. The van der Waals surface area contributed by atoms with Gasteiger partial charge in [0.05, 0.1) is 48.8 Å². The van der Waals surface area contributed by atoms with Crippen LogP contribution in [0.1, 0.15) is 101 Å². The number of benzene rings is 1. The summed E-state index contributed by atoms with van der Waals surface area (Å²) in [7, 11) is 4.35. The Morgan fingerprint density at radius 1 is 0.887 bits per heavy atom. The number of aliphatic hydroxyl groups is 2. The first-order chi connectivity index (χ1) is 33.6. The minimum Gasteiger partial charge on any atom is -0.461 e. The number of ketones is 1. The molecule has 0 aliphatic carbocycles. The molecule has 403 valence electrons. The van der Waals surface area contributed by atoms with Crippen molar-refractivity contribution < 1.29 is 76.8 Å². The molecule has 71 heavy (non-hydrogen) atoms. The smallest absolute Gasteiger partial charge is 0.408 e. The largest absolute Gasteiger partial charge is 0.461 e. The van der Waals surface area contributed by atoms with Crippen LogP contribution in [0.3, 0.4) is 0 Å². The van der Waals surface area contributed by atoms with Gasteiger partial charge in [0.25, 0.3) is 0 Å². The number of alkyl carbamates (subject to hydrolysis) is 1. The molecular weight excluding hydrogens is 923 g/mol. The molecule has 4 aliphatic rings. The Morgan fingerprint density at radius 2 is 1.58 bits per heavy atom. The van der Waals surface area contributed by atoms with E-state index in [-0.39, 0.29) is 38.1 Å². The fraction of sp³-hybridized carbons (Fsp3) is 0.788. The van der Waals surface area contributed by atoms with Crippen molar-refractivity contribution >= 4 is 23.6 Å². The molecule has 4 N–H and O–H groups in total. The molecule has 19 nitrogen and oxygen atoms in total. The number of amides is 1. The van der Waals surface area contributed by atoms with E-state index in [1.807, 2.05) is 78.8 Å². The molecule has 1 amide bonds. The number of nitrogens with zero attached hydrogens (tertiary/aromatic N) is 1. The number of rotatable bonds is 14. The molecule has 1 unspecified atom stereocenters. The second-order valence-corrected chi connectivity index (χ2v) is 20.7. The van der Waals surface area contributed by atoms with Crippen molar-refractivity contribution in [3.05, 3.63) is 42.3 Å². The third-order valence-electron chi connectivity index (χ3n) is 14.4. The average Bonchev–Trinajstić information content (AvgIpc) is 3.49. The molecule has 0 aromatic heterocycles. The van der Waals surface area contributed by atoms with Crippen molar-refractivity contribution in [2.24, 2.45) is 40.7 Å². The van der Waals surface area contributed by atoms with Crippen LogP contribution in [-0.4, -0.2) is 160 Å². The SMILES string of the molecule is CON=C1C[C@@H](C)O[C@@H](O[C@@H]2[C@@H](C)[C@H](O[C@H]3C[C@@H](C)NC[C@H](C)O3)[C@@H](C)C(=O)O[C@@H](C(C)CO[C@@H]3O[C@H](C)[C@@H](O)[C@@H](OC)[C@H]3OC)[C@@H](C)[CH][C@@H](C)C(=O)[C@@](C)(OC(=O)NCc3ccccc3)C[C@@H]2C)[C@@H]1O. The highest BCUT2D eigenvalue weighted by Gasteiger charge is 2.50. The van der Waals surface area contributed by atoms with E-state index >= 15 is 4.79 Å². The summed E-state index contributed by atoms with van der Waals surface area (Å²) in [5, 5.41) is 32.8. The summed E-state index contributed by atoms with van der Waals surface area (Å²) >= 11 is 0. The number of carbonyl (C=O) groups is 3. The van der Waals surface area contributed by atoms with Gasteiger partial charge in [-0.15, -0.1) is 0 Å². The topological polar surface area (TPSA) is 230 Å². The van der Waals surface area contributed by atoms with Gasteiger partial charge >= 0.3 is 12.1 Å². The lowest BCUT2D eigenvalue weighted by molar-refractivity contribution is -0.305. The second kappa shape index (κ2) is 26.7. The summed E-state index contributed by atoms with van der Waals surface area (Å²) in [6.07, 6.45) is -9.11. The minimum atomic E-state index is -1.75. The van der Waals surface area contributed by atoms with Crippen LogP contribution < -0.4 is 10.6 Å². The van der Waals surface area contributed by atoms with E-state index in [9.17, 15) is 19.8 Å². The van der Waals surface area contributed by atoms with E-state index in [1.54, 1.807) is 34.1 Å². The summed E-state index contributed by atoms with van der Waals surface area (Å²) in [5.41, 5.74) is -0.590. The summed E-state index contributed by atoms with van der Waals surface area (Å²) in [6.45, 7) is 20.9. The van der Waals surface area contributed by atoms with Gasteiger partial charge in [0, 0.05) is 63.9 Å². The Labute approximate surface area is 420 Å². The van der Waals surface area contributed by atoms with Gasteiger partial charge in [0.15, 0.2) is 30.3 Å². The number of aliphatic hydroxyl groups excluding tert-OH is 2. The highest BCUT2D eigenvalue weighted by atomic mass is 16.7. The molecule has 4 aliphatic heterocycles. The number of esters is 1. The first-order valence-corrected chi connectivity index (χ1v) is 25.4. The summed E-state index contributed by atoms with van der Waals surface area (Å²) < 4.78 is 63.1. The molecule has 0 spiro atoms. The lowest BCUT2D eigenvalue weighted by Crippen LogP contribution is -2.59. The van der Waals surface area contributed by atoms with Crippen molar-refractivity contribution in [2.75, 3.05) is 34.5 Å². The van der Waals surface area contributed by atoms with Crippen LogP contribution in [-0.2, 0) is 68.3 Å². The van der Waals surface area contributed by atoms with E-state index in [0.717, 1.165) is 5.56 Å². The quantitative estimate of drug-likeness (QED) is 0.140.